The molecule has 1 atom stereocenters. The van der Waals surface area contributed by atoms with Gasteiger partial charge >= 0.3 is 0 Å². The smallest absolute Gasteiger partial charge is 0.123 e. The van der Waals surface area contributed by atoms with Gasteiger partial charge in [-0.25, -0.2) is 4.39 Å². The van der Waals surface area contributed by atoms with Gasteiger partial charge in [0, 0.05) is 6.54 Å². The topological polar surface area (TPSA) is 12.0 Å². The normalized spacial score (nSPS) is 29.5. The summed E-state index contributed by atoms with van der Waals surface area (Å²) in [4.78, 5) is 0. The Morgan fingerprint density at radius 3 is 2.54 bits per heavy atom. The third-order valence-electron chi connectivity index (χ3n) is 3.23. The summed E-state index contributed by atoms with van der Waals surface area (Å²) in [5.74, 6) is 0.574. The van der Waals surface area contributed by atoms with E-state index in [4.69, 9.17) is 0 Å². The monoisotopic (exact) mass is 187 g/mol. The van der Waals surface area contributed by atoms with Gasteiger partial charge in [-0.2, -0.15) is 0 Å². The fraction of sp³-hybridized carbons (Fsp3) is 1.00. The zero-order chi connectivity index (χ0) is 9.73. The molecule has 1 aliphatic heterocycles. The molecule has 0 spiro atoms. The summed E-state index contributed by atoms with van der Waals surface area (Å²) in [5, 5.41) is 3.15. The van der Waals surface area contributed by atoms with Crippen molar-refractivity contribution in [2.75, 3.05) is 13.1 Å². The van der Waals surface area contributed by atoms with Gasteiger partial charge < -0.3 is 5.32 Å². The highest BCUT2D eigenvalue weighted by molar-refractivity contribution is 4.87. The summed E-state index contributed by atoms with van der Waals surface area (Å²) >= 11 is 0. The zero-order valence-corrected chi connectivity index (χ0v) is 8.91. The van der Waals surface area contributed by atoms with Crippen molar-refractivity contribution in [3.8, 4) is 0 Å². The molecule has 0 aromatic rings. The highest BCUT2D eigenvalue weighted by Crippen LogP contribution is 2.30. The van der Waals surface area contributed by atoms with Gasteiger partial charge in [-0.1, -0.05) is 26.7 Å². The molecule has 0 aliphatic carbocycles. The molecule has 13 heavy (non-hydrogen) atoms. The van der Waals surface area contributed by atoms with E-state index in [-0.39, 0.29) is 0 Å². The molecular weight excluding hydrogens is 165 g/mol. The van der Waals surface area contributed by atoms with Crippen molar-refractivity contribution >= 4 is 0 Å². The van der Waals surface area contributed by atoms with Gasteiger partial charge in [0.25, 0.3) is 0 Å². The van der Waals surface area contributed by atoms with Gasteiger partial charge in [0.2, 0.25) is 0 Å². The van der Waals surface area contributed by atoms with Gasteiger partial charge in [-0.05, 0) is 31.7 Å². The van der Waals surface area contributed by atoms with Gasteiger partial charge in [-0.3, -0.25) is 0 Å². The van der Waals surface area contributed by atoms with Crippen molar-refractivity contribution in [2.45, 2.75) is 51.6 Å². The summed E-state index contributed by atoms with van der Waals surface area (Å²) < 4.78 is 14.1. The number of rotatable bonds is 4. The van der Waals surface area contributed by atoms with Crippen molar-refractivity contribution in [3.63, 3.8) is 0 Å². The van der Waals surface area contributed by atoms with E-state index in [2.05, 4.69) is 19.2 Å². The Labute approximate surface area is 81.1 Å². The fourth-order valence-electron chi connectivity index (χ4n) is 2.20. The minimum atomic E-state index is -0.908. The number of halogens is 1. The molecular formula is C11H22FN. The molecule has 1 aliphatic rings. The van der Waals surface area contributed by atoms with Crippen LogP contribution in [0.2, 0.25) is 0 Å². The van der Waals surface area contributed by atoms with Crippen LogP contribution < -0.4 is 5.32 Å². The largest absolute Gasteiger partial charge is 0.314 e. The molecule has 0 aromatic heterocycles. The fourth-order valence-corrected chi connectivity index (χ4v) is 2.20. The summed E-state index contributed by atoms with van der Waals surface area (Å²) in [6.07, 6.45) is 4.74. The first kappa shape index (κ1) is 11.0. The second-order valence-electron chi connectivity index (χ2n) is 4.32. The summed E-state index contributed by atoms with van der Waals surface area (Å²) in [6, 6.07) is 0. The van der Waals surface area contributed by atoms with E-state index in [0.29, 0.717) is 12.5 Å². The second-order valence-corrected chi connectivity index (χ2v) is 4.32. The quantitative estimate of drug-likeness (QED) is 0.713. The highest BCUT2D eigenvalue weighted by Gasteiger charge is 2.33. The van der Waals surface area contributed by atoms with Crippen LogP contribution in [0.4, 0.5) is 4.39 Å². The molecule has 1 nitrogen and oxygen atoms in total. The van der Waals surface area contributed by atoms with Gasteiger partial charge in [0.1, 0.15) is 5.67 Å². The molecule has 0 aromatic carbocycles. The maximum atomic E-state index is 14.1. The third-order valence-corrected chi connectivity index (χ3v) is 3.23. The molecule has 1 unspecified atom stereocenters. The van der Waals surface area contributed by atoms with Crippen LogP contribution in [0, 0.1) is 5.92 Å². The van der Waals surface area contributed by atoms with Crippen LogP contribution >= 0.6 is 0 Å². The molecule has 1 N–H and O–H groups in total. The lowest BCUT2D eigenvalue weighted by molar-refractivity contribution is 0.0871. The van der Waals surface area contributed by atoms with Crippen LogP contribution in [0.5, 0.6) is 0 Å². The Kier molecular flexibility index (Phi) is 4.17. The molecule has 1 heterocycles. The molecule has 78 valence electrons. The van der Waals surface area contributed by atoms with Crippen molar-refractivity contribution in [3.05, 3.63) is 0 Å². The summed E-state index contributed by atoms with van der Waals surface area (Å²) in [6.45, 7) is 5.89. The first-order valence-corrected chi connectivity index (χ1v) is 5.60. The maximum absolute atomic E-state index is 14.1. The zero-order valence-electron chi connectivity index (χ0n) is 8.91. The lowest BCUT2D eigenvalue weighted by Gasteiger charge is -2.32. The van der Waals surface area contributed by atoms with E-state index < -0.39 is 5.67 Å². The Hall–Kier alpha value is -0.110. The van der Waals surface area contributed by atoms with Crippen LogP contribution in [-0.4, -0.2) is 18.8 Å². The van der Waals surface area contributed by atoms with Crippen LogP contribution in [0.1, 0.15) is 46.0 Å². The average molecular weight is 187 g/mol. The van der Waals surface area contributed by atoms with Crippen molar-refractivity contribution in [1.82, 2.24) is 5.32 Å². The number of hydrogen-bond acceptors (Lipinski definition) is 1. The van der Waals surface area contributed by atoms with E-state index >= 15 is 0 Å². The average Bonchev–Trinajstić information content (AvgIpc) is 2.15. The lowest BCUT2D eigenvalue weighted by Crippen LogP contribution is -2.43. The minimum absolute atomic E-state index is 0.573. The van der Waals surface area contributed by atoms with E-state index in [0.717, 1.165) is 38.6 Å². The van der Waals surface area contributed by atoms with E-state index in [9.17, 15) is 4.39 Å². The van der Waals surface area contributed by atoms with Crippen LogP contribution in [0.3, 0.4) is 0 Å². The first-order chi connectivity index (χ1) is 6.20. The molecule has 1 rings (SSSR count). The van der Waals surface area contributed by atoms with Gasteiger partial charge in [0.05, 0.1) is 0 Å². The standard InChI is InChI=1S/C11H22FN/c1-3-10(4-2)8-11(12)6-5-7-13-9-11/h10,13H,3-9H2,1-2H3. The third kappa shape index (κ3) is 3.26. The number of hydrogen-bond donors (Lipinski definition) is 1. The van der Waals surface area contributed by atoms with Crippen molar-refractivity contribution < 1.29 is 4.39 Å². The predicted octanol–water partition coefficient (Wildman–Crippen LogP) is 2.90. The number of piperidine rings is 1. The minimum Gasteiger partial charge on any atom is -0.314 e. The maximum Gasteiger partial charge on any atom is 0.123 e. The molecule has 0 bridgehead atoms. The van der Waals surface area contributed by atoms with Crippen LogP contribution in [-0.2, 0) is 0 Å². The summed E-state index contributed by atoms with van der Waals surface area (Å²) in [7, 11) is 0. The van der Waals surface area contributed by atoms with Gasteiger partial charge in [-0.15, -0.1) is 0 Å². The first-order valence-electron chi connectivity index (χ1n) is 5.60. The Balaban J connectivity index is 2.39. The summed E-state index contributed by atoms with van der Waals surface area (Å²) in [5.41, 5.74) is -0.908. The van der Waals surface area contributed by atoms with E-state index in [1.165, 1.54) is 0 Å². The molecule has 2 heteroatoms. The predicted molar refractivity (Wildman–Crippen MR) is 54.6 cm³/mol. The number of alkyl halides is 1. The van der Waals surface area contributed by atoms with E-state index in [1.807, 2.05) is 0 Å². The van der Waals surface area contributed by atoms with Gasteiger partial charge in [0.15, 0.2) is 0 Å². The molecule has 0 saturated carbocycles. The van der Waals surface area contributed by atoms with Crippen molar-refractivity contribution in [1.29, 1.82) is 0 Å². The number of nitrogens with one attached hydrogen (secondary N) is 1. The molecule has 1 fully saturated rings. The Morgan fingerprint density at radius 1 is 1.38 bits per heavy atom. The highest BCUT2D eigenvalue weighted by atomic mass is 19.1. The molecule has 0 amide bonds. The molecule has 1 saturated heterocycles. The Bertz CT molecular complexity index is 137. The second kappa shape index (κ2) is 4.94. The van der Waals surface area contributed by atoms with Crippen molar-refractivity contribution in [2.24, 2.45) is 5.92 Å². The lowest BCUT2D eigenvalue weighted by atomic mass is 9.84. The SMILES string of the molecule is CCC(CC)CC1(F)CCCNC1. The van der Waals surface area contributed by atoms with Crippen LogP contribution in [0.25, 0.3) is 0 Å². The Morgan fingerprint density at radius 2 is 2.08 bits per heavy atom. The van der Waals surface area contributed by atoms with E-state index in [1.54, 1.807) is 0 Å². The molecule has 0 radical (unpaired) electrons. The van der Waals surface area contributed by atoms with Crippen LogP contribution in [0.15, 0.2) is 0 Å².